The lowest BCUT2D eigenvalue weighted by Gasteiger charge is -2.55. The first kappa shape index (κ1) is 15.3. The highest BCUT2D eigenvalue weighted by Gasteiger charge is 2.72. The van der Waals surface area contributed by atoms with Crippen LogP contribution in [0.3, 0.4) is 0 Å². The van der Waals surface area contributed by atoms with E-state index in [1.165, 1.54) is 12.2 Å². The van der Waals surface area contributed by atoms with Crippen molar-refractivity contribution < 1.29 is 23.9 Å². The number of carbonyl (C=O) groups excluding carboxylic acids is 3. The summed E-state index contributed by atoms with van der Waals surface area (Å²) in [6, 6.07) is 0. The largest absolute Gasteiger partial charge is 0.457 e. The van der Waals surface area contributed by atoms with E-state index in [4.69, 9.17) is 9.47 Å². The first-order chi connectivity index (χ1) is 12.5. The number of hydrogen-bond donors (Lipinski definition) is 0. The van der Waals surface area contributed by atoms with Crippen molar-refractivity contribution in [3.05, 3.63) is 23.3 Å². The van der Waals surface area contributed by atoms with Crippen LogP contribution in [0.15, 0.2) is 23.3 Å². The van der Waals surface area contributed by atoms with Gasteiger partial charge in [-0.1, -0.05) is 6.92 Å². The molecule has 0 radical (unpaired) electrons. The third-order valence-corrected chi connectivity index (χ3v) is 8.33. The zero-order valence-electron chi connectivity index (χ0n) is 14.8. The average Bonchev–Trinajstić information content (AvgIpc) is 3.13. The molecule has 26 heavy (non-hydrogen) atoms. The van der Waals surface area contributed by atoms with Gasteiger partial charge in [0.2, 0.25) is 0 Å². The van der Waals surface area contributed by atoms with Crippen molar-refractivity contribution in [2.24, 2.45) is 35.0 Å². The van der Waals surface area contributed by atoms with Crippen LogP contribution in [0, 0.1) is 35.0 Å². The van der Waals surface area contributed by atoms with Gasteiger partial charge in [0.15, 0.2) is 11.6 Å². The van der Waals surface area contributed by atoms with Crippen LogP contribution in [-0.2, 0) is 23.9 Å². The topological polar surface area (TPSA) is 69.7 Å². The van der Waals surface area contributed by atoms with E-state index in [1.54, 1.807) is 0 Å². The highest BCUT2D eigenvalue weighted by molar-refractivity contribution is 6.21. The van der Waals surface area contributed by atoms with E-state index in [0.717, 1.165) is 25.7 Å². The summed E-state index contributed by atoms with van der Waals surface area (Å²) in [4.78, 5) is 38.2. The van der Waals surface area contributed by atoms with Crippen molar-refractivity contribution in [3.63, 3.8) is 0 Å². The van der Waals surface area contributed by atoms with Crippen molar-refractivity contribution in [1.82, 2.24) is 0 Å². The second-order valence-electron chi connectivity index (χ2n) is 9.07. The average molecular weight is 354 g/mol. The number of ketones is 2. The van der Waals surface area contributed by atoms with Crippen LogP contribution in [0.25, 0.3) is 0 Å². The molecule has 5 heteroatoms. The lowest BCUT2D eigenvalue weighted by molar-refractivity contribution is -0.143. The molecule has 2 aliphatic heterocycles. The Morgan fingerprint density at radius 2 is 1.81 bits per heavy atom. The van der Waals surface area contributed by atoms with Gasteiger partial charge in [-0.15, -0.1) is 0 Å². The maximum absolute atomic E-state index is 12.9. The Morgan fingerprint density at radius 1 is 1.04 bits per heavy atom. The highest BCUT2D eigenvalue weighted by atomic mass is 16.6. The number of ether oxygens (including phenoxy) is 2. The predicted octanol–water partition coefficient (Wildman–Crippen LogP) is 2.00. The summed E-state index contributed by atoms with van der Waals surface area (Å²) in [6.45, 7) is 2.86. The molecular weight excluding hydrogens is 332 g/mol. The molecule has 1 spiro atoms. The molecular formula is C21H22O5. The molecule has 4 aliphatic carbocycles. The minimum atomic E-state index is -0.557. The predicted molar refractivity (Wildman–Crippen MR) is 89.8 cm³/mol. The fourth-order valence-corrected chi connectivity index (χ4v) is 7.51. The normalized spacial score (nSPS) is 51.1. The summed E-state index contributed by atoms with van der Waals surface area (Å²) in [6.07, 6.45) is 5.70. The Kier molecular flexibility index (Phi) is 2.80. The Hall–Kier alpha value is -1.75. The molecule has 2 bridgehead atoms. The SMILES string of the molecule is C[C@@H]1CO[C@@H]2C3=C(C(=O)C=CC3=O)[C@H]3OC(=O)[C@@H]4CC[C@H]5[C@H]1CC[C@@]25[C@H]34. The van der Waals surface area contributed by atoms with Crippen molar-refractivity contribution in [1.29, 1.82) is 0 Å². The lowest BCUT2D eigenvalue weighted by atomic mass is 9.48. The summed E-state index contributed by atoms with van der Waals surface area (Å²) >= 11 is 0. The van der Waals surface area contributed by atoms with Gasteiger partial charge in [-0.05, 0) is 55.6 Å². The molecule has 0 amide bonds. The van der Waals surface area contributed by atoms with Crippen LogP contribution in [0.5, 0.6) is 0 Å². The first-order valence-corrected chi connectivity index (χ1v) is 9.87. The third-order valence-electron chi connectivity index (χ3n) is 8.33. The van der Waals surface area contributed by atoms with E-state index in [-0.39, 0.29) is 40.9 Å². The van der Waals surface area contributed by atoms with Crippen LogP contribution in [-0.4, -0.2) is 36.4 Å². The number of carbonyl (C=O) groups is 3. The number of hydrogen-bond acceptors (Lipinski definition) is 5. The lowest BCUT2D eigenvalue weighted by Crippen LogP contribution is -2.59. The number of allylic oxidation sites excluding steroid dienone is 2. The van der Waals surface area contributed by atoms with Gasteiger partial charge in [-0.3, -0.25) is 14.4 Å². The molecule has 0 aromatic rings. The Balaban J connectivity index is 1.64. The number of fused-ring (bicyclic) bond motifs is 2. The molecule has 4 fully saturated rings. The molecule has 2 saturated carbocycles. The van der Waals surface area contributed by atoms with Gasteiger partial charge in [0, 0.05) is 22.5 Å². The van der Waals surface area contributed by atoms with Gasteiger partial charge < -0.3 is 9.47 Å². The summed E-state index contributed by atoms with van der Waals surface area (Å²) in [5, 5.41) is 0. The fourth-order valence-electron chi connectivity index (χ4n) is 7.51. The molecule has 8 atom stereocenters. The Bertz CT molecular complexity index is 822. The summed E-state index contributed by atoms with van der Waals surface area (Å²) < 4.78 is 12.2. The van der Waals surface area contributed by atoms with Gasteiger partial charge in [0.05, 0.1) is 18.6 Å². The number of esters is 1. The van der Waals surface area contributed by atoms with Gasteiger partial charge >= 0.3 is 5.97 Å². The highest BCUT2D eigenvalue weighted by Crippen LogP contribution is 2.70. The molecule has 0 aromatic heterocycles. The second-order valence-corrected chi connectivity index (χ2v) is 9.07. The maximum Gasteiger partial charge on any atom is 0.310 e. The van der Waals surface area contributed by atoms with Gasteiger partial charge in [0.25, 0.3) is 0 Å². The summed E-state index contributed by atoms with van der Waals surface area (Å²) in [5.74, 6) is 0.775. The van der Waals surface area contributed by atoms with E-state index < -0.39 is 6.10 Å². The third kappa shape index (κ3) is 1.52. The number of rotatable bonds is 0. The zero-order chi connectivity index (χ0) is 17.8. The molecule has 136 valence electrons. The first-order valence-electron chi connectivity index (χ1n) is 9.87. The van der Waals surface area contributed by atoms with Crippen LogP contribution in [0.1, 0.15) is 32.6 Å². The molecule has 0 unspecified atom stereocenters. The fraction of sp³-hybridized carbons (Fsp3) is 0.667. The maximum atomic E-state index is 12.9. The van der Waals surface area contributed by atoms with Crippen LogP contribution in [0.4, 0.5) is 0 Å². The van der Waals surface area contributed by atoms with Crippen LogP contribution in [0.2, 0.25) is 0 Å². The molecule has 6 rings (SSSR count). The van der Waals surface area contributed by atoms with Gasteiger partial charge in [-0.2, -0.15) is 0 Å². The van der Waals surface area contributed by atoms with Crippen molar-refractivity contribution in [3.8, 4) is 0 Å². The quantitative estimate of drug-likeness (QED) is 0.492. The van der Waals surface area contributed by atoms with Gasteiger partial charge in [0.1, 0.15) is 6.10 Å². The molecule has 0 aromatic carbocycles. The van der Waals surface area contributed by atoms with E-state index in [1.807, 2.05) is 0 Å². The Labute approximate surface area is 151 Å². The van der Waals surface area contributed by atoms with E-state index in [2.05, 4.69) is 6.92 Å². The minimum Gasteiger partial charge on any atom is -0.457 e. The zero-order valence-corrected chi connectivity index (χ0v) is 14.8. The molecule has 0 N–H and O–H groups in total. The van der Waals surface area contributed by atoms with E-state index in [9.17, 15) is 14.4 Å². The van der Waals surface area contributed by atoms with Gasteiger partial charge in [-0.25, -0.2) is 0 Å². The molecule has 6 aliphatic rings. The van der Waals surface area contributed by atoms with E-state index in [0.29, 0.717) is 35.5 Å². The van der Waals surface area contributed by atoms with Crippen molar-refractivity contribution in [2.75, 3.05) is 6.61 Å². The smallest absolute Gasteiger partial charge is 0.310 e. The van der Waals surface area contributed by atoms with Crippen LogP contribution < -0.4 is 0 Å². The standard InChI is InChI=1S/C21H22O5/c1-9-8-25-19-16-14(23)5-4-13(22)15(16)18-17-11(20(24)26-18)2-3-12-10(9)6-7-21(12,17)19/h4-5,9-12,17-19H,2-3,6-8H2,1H3/t9-,10+,11-,12+,17+,18-,19-,21-/m1/s1. The minimum absolute atomic E-state index is 0.0175. The molecule has 5 nitrogen and oxygen atoms in total. The molecule has 2 saturated heterocycles. The van der Waals surface area contributed by atoms with Crippen LogP contribution >= 0.6 is 0 Å². The van der Waals surface area contributed by atoms with E-state index >= 15 is 0 Å². The Morgan fingerprint density at radius 3 is 2.62 bits per heavy atom. The van der Waals surface area contributed by atoms with Crippen molar-refractivity contribution in [2.45, 2.75) is 44.8 Å². The summed E-state index contributed by atoms with van der Waals surface area (Å²) in [5.41, 5.74) is 0.677. The second kappa shape index (κ2) is 4.75. The monoisotopic (exact) mass is 354 g/mol. The molecule has 2 heterocycles. The van der Waals surface area contributed by atoms with Crippen molar-refractivity contribution >= 4 is 17.5 Å². The summed E-state index contributed by atoms with van der Waals surface area (Å²) in [7, 11) is 0.